The topological polar surface area (TPSA) is 62.1 Å². The molecule has 0 saturated heterocycles. The Balaban J connectivity index is 2.21. The van der Waals surface area contributed by atoms with Gasteiger partial charge in [0.2, 0.25) is 0 Å². The van der Waals surface area contributed by atoms with Crippen molar-refractivity contribution >= 4 is 22.2 Å². The molecule has 0 aliphatic carbocycles. The fourth-order valence-electron chi connectivity index (χ4n) is 1.99. The molecule has 0 radical (unpaired) electrons. The molecule has 0 aliphatic rings. The lowest BCUT2D eigenvalue weighted by molar-refractivity contribution is -0.126. The largest absolute Gasteiger partial charge is 0.367 e. The van der Waals surface area contributed by atoms with Crippen LogP contribution in [0.2, 0.25) is 0 Å². The standard InChI is InChI=1S/C16H16N2O2S/c1-3-13-9-12(10-17)16(21-13)18-15(19)14(20-2)11-7-5-4-6-8-11/h4-9,14H,3H2,1-2H3,(H,18,19). The van der Waals surface area contributed by atoms with Crippen LogP contribution in [0.15, 0.2) is 36.4 Å². The van der Waals surface area contributed by atoms with Crippen molar-refractivity contribution < 1.29 is 9.53 Å². The van der Waals surface area contributed by atoms with E-state index in [0.717, 1.165) is 16.9 Å². The van der Waals surface area contributed by atoms with Gasteiger partial charge in [0.1, 0.15) is 11.1 Å². The van der Waals surface area contributed by atoms with Crippen LogP contribution in [0, 0.1) is 11.3 Å². The van der Waals surface area contributed by atoms with Crippen LogP contribution in [-0.2, 0) is 16.0 Å². The highest BCUT2D eigenvalue weighted by Gasteiger charge is 2.21. The lowest BCUT2D eigenvalue weighted by Crippen LogP contribution is -2.22. The molecule has 0 saturated carbocycles. The second-order valence-electron chi connectivity index (χ2n) is 4.44. The number of anilines is 1. The number of methoxy groups -OCH3 is 1. The quantitative estimate of drug-likeness (QED) is 0.919. The van der Waals surface area contributed by atoms with Crippen molar-refractivity contribution in [3.63, 3.8) is 0 Å². The molecule has 21 heavy (non-hydrogen) atoms. The molecule has 1 aromatic heterocycles. The summed E-state index contributed by atoms with van der Waals surface area (Å²) >= 11 is 1.43. The smallest absolute Gasteiger partial charge is 0.258 e. The number of carbonyl (C=O) groups excluding carboxylic acids is 1. The zero-order chi connectivity index (χ0) is 15.2. The third kappa shape index (κ3) is 3.48. The molecule has 0 spiro atoms. The Morgan fingerprint density at radius 2 is 2.14 bits per heavy atom. The van der Waals surface area contributed by atoms with Gasteiger partial charge in [-0.2, -0.15) is 5.26 Å². The van der Waals surface area contributed by atoms with E-state index in [9.17, 15) is 4.79 Å². The van der Waals surface area contributed by atoms with Crippen molar-refractivity contribution in [1.29, 1.82) is 5.26 Å². The van der Waals surface area contributed by atoms with Crippen LogP contribution < -0.4 is 5.32 Å². The minimum absolute atomic E-state index is 0.273. The molecule has 1 heterocycles. The number of nitriles is 1. The van der Waals surface area contributed by atoms with Crippen LogP contribution in [0.4, 0.5) is 5.00 Å². The summed E-state index contributed by atoms with van der Waals surface area (Å²) in [6.07, 6.45) is 0.145. The Hall–Kier alpha value is -2.16. The number of benzene rings is 1. The number of amides is 1. The number of thiophene rings is 1. The summed E-state index contributed by atoms with van der Waals surface area (Å²) in [5.74, 6) is -0.273. The fraction of sp³-hybridized carbons (Fsp3) is 0.250. The molecule has 2 rings (SSSR count). The Kier molecular flexibility index (Phi) is 5.09. The summed E-state index contributed by atoms with van der Waals surface area (Å²) in [5, 5.41) is 12.5. The molecule has 2 aromatic rings. The van der Waals surface area contributed by atoms with E-state index in [1.165, 1.54) is 18.4 Å². The van der Waals surface area contributed by atoms with E-state index in [0.29, 0.717) is 10.6 Å². The highest BCUT2D eigenvalue weighted by atomic mass is 32.1. The lowest BCUT2D eigenvalue weighted by atomic mass is 10.1. The van der Waals surface area contributed by atoms with Gasteiger partial charge in [0.15, 0.2) is 6.10 Å². The van der Waals surface area contributed by atoms with Gasteiger partial charge in [0, 0.05) is 12.0 Å². The zero-order valence-electron chi connectivity index (χ0n) is 11.9. The molecule has 4 nitrogen and oxygen atoms in total. The number of nitrogens with zero attached hydrogens (tertiary/aromatic N) is 1. The van der Waals surface area contributed by atoms with E-state index in [-0.39, 0.29) is 5.91 Å². The third-order valence-electron chi connectivity index (χ3n) is 3.06. The second kappa shape index (κ2) is 7.02. The van der Waals surface area contributed by atoms with Gasteiger partial charge in [-0.3, -0.25) is 4.79 Å². The number of aryl methyl sites for hydroxylation is 1. The molecular formula is C16H16N2O2S. The molecule has 0 aliphatic heterocycles. The van der Waals surface area contributed by atoms with Crippen molar-refractivity contribution in [2.75, 3.05) is 12.4 Å². The maximum atomic E-state index is 12.4. The monoisotopic (exact) mass is 300 g/mol. The van der Waals surface area contributed by atoms with E-state index in [4.69, 9.17) is 10.00 Å². The van der Waals surface area contributed by atoms with Crippen LogP contribution in [-0.4, -0.2) is 13.0 Å². The van der Waals surface area contributed by atoms with Gasteiger partial charge in [0.05, 0.1) is 5.56 Å². The average molecular weight is 300 g/mol. The van der Waals surface area contributed by atoms with Gasteiger partial charge in [-0.1, -0.05) is 37.3 Å². The van der Waals surface area contributed by atoms with E-state index in [2.05, 4.69) is 11.4 Å². The van der Waals surface area contributed by atoms with Crippen LogP contribution >= 0.6 is 11.3 Å². The summed E-state index contributed by atoms with van der Waals surface area (Å²) in [6, 6.07) is 13.2. The average Bonchev–Trinajstić information content (AvgIpc) is 2.91. The summed E-state index contributed by atoms with van der Waals surface area (Å²) in [7, 11) is 1.49. The normalized spacial score (nSPS) is 11.7. The van der Waals surface area contributed by atoms with Crippen molar-refractivity contribution in [2.24, 2.45) is 0 Å². The Morgan fingerprint density at radius 1 is 1.43 bits per heavy atom. The third-order valence-corrected chi connectivity index (χ3v) is 4.26. The number of ether oxygens (including phenoxy) is 1. The Morgan fingerprint density at radius 3 is 2.71 bits per heavy atom. The molecule has 1 amide bonds. The van der Waals surface area contributed by atoms with Crippen molar-refractivity contribution in [1.82, 2.24) is 0 Å². The molecule has 1 unspecified atom stereocenters. The number of nitrogens with one attached hydrogen (secondary N) is 1. The van der Waals surface area contributed by atoms with Crippen molar-refractivity contribution in [3.05, 3.63) is 52.4 Å². The maximum Gasteiger partial charge on any atom is 0.258 e. The SMILES string of the molecule is CCc1cc(C#N)c(NC(=O)C(OC)c2ccccc2)s1. The summed E-state index contributed by atoms with van der Waals surface area (Å²) in [5.41, 5.74) is 1.27. The van der Waals surface area contributed by atoms with Crippen LogP contribution in [0.1, 0.15) is 29.0 Å². The molecular weight excluding hydrogens is 284 g/mol. The molecule has 0 bridgehead atoms. The van der Waals surface area contributed by atoms with Crippen LogP contribution in [0.5, 0.6) is 0 Å². The minimum atomic E-state index is -0.690. The Bertz CT molecular complexity index is 659. The summed E-state index contributed by atoms with van der Waals surface area (Å²) in [4.78, 5) is 13.4. The predicted octanol–water partition coefficient (Wildman–Crippen LogP) is 3.51. The maximum absolute atomic E-state index is 12.4. The minimum Gasteiger partial charge on any atom is -0.367 e. The molecule has 5 heteroatoms. The highest BCUT2D eigenvalue weighted by molar-refractivity contribution is 7.16. The van der Waals surface area contributed by atoms with Gasteiger partial charge in [0.25, 0.3) is 5.91 Å². The van der Waals surface area contributed by atoms with Crippen LogP contribution in [0.3, 0.4) is 0 Å². The van der Waals surface area contributed by atoms with Gasteiger partial charge < -0.3 is 10.1 Å². The second-order valence-corrected chi connectivity index (χ2v) is 5.57. The first-order valence-corrected chi connectivity index (χ1v) is 7.42. The van der Waals surface area contributed by atoms with Crippen LogP contribution in [0.25, 0.3) is 0 Å². The lowest BCUT2D eigenvalue weighted by Gasteiger charge is -2.15. The van der Waals surface area contributed by atoms with E-state index in [1.807, 2.05) is 43.3 Å². The van der Waals surface area contributed by atoms with Gasteiger partial charge in [-0.25, -0.2) is 0 Å². The molecule has 108 valence electrons. The number of hydrogen-bond donors (Lipinski definition) is 1. The molecule has 1 atom stereocenters. The predicted molar refractivity (Wildman–Crippen MR) is 83.2 cm³/mol. The fourth-order valence-corrected chi connectivity index (χ4v) is 2.94. The van der Waals surface area contributed by atoms with Gasteiger partial charge >= 0.3 is 0 Å². The summed E-state index contributed by atoms with van der Waals surface area (Å²) in [6.45, 7) is 2.01. The first kappa shape index (κ1) is 15.2. The van der Waals surface area contributed by atoms with Crippen molar-refractivity contribution in [3.8, 4) is 6.07 Å². The highest BCUT2D eigenvalue weighted by Crippen LogP contribution is 2.29. The number of rotatable bonds is 5. The summed E-state index contributed by atoms with van der Waals surface area (Å²) < 4.78 is 5.29. The van der Waals surface area contributed by atoms with Crippen molar-refractivity contribution in [2.45, 2.75) is 19.4 Å². The van der Waals surface area contributed by atoms with Gasteiger partial charge in [-0.05, 0) is 18.1 Å². The van der Waals surface area contributed by atoms with E-state index in [1.54, 1.807) is 0 Å². The zero-order valence-corrected chi connectivity index (χ0v) is 12.7. The first-order chi connectivity index (χ1) is 10.2. The first-order valence-electron chi connectivity index (χ1n) is 6.61. The molecule has 1 N–H and O–H groups in total. The van der Waals surface area contributed by atoms with Gasteiger partial charge in [-0.15, -0.1) is 11.3 Å². The van der Waals surface area contributed by atoms with E-state index < -0.39 is 6.10 Å². The molecule has 1 aromatic carbocycles. The number of carbonyl (C=O) groups is 1. The number of hydrogen-bond acceptors (Lipinski definition) is 4. The van der Waals surface area contributed by atoms with E-state index >= 15 is 0 Å². The Labute approximate surface area is 128 Å². The molecule has 0 fully saturated rings.